The lowest BCUT2D eigenvalue weighted by Gasteiger charge is -2.09. The summed E-state index contributed by atoms with van der Waals surface area (Å²) >= 11 is 3.12. The second-order valence-corrected chi connectivity index (χ2v) is 4.94. The number of amides is 3. The highest BCUT2D eigenvalue weighted by Gasteiger charge is 2.16. The highest BCUT2D eigenvalue weighted by Crippen LogP contribution is 2.22. The second-order valence-electron chi connectivity index (χ2n) is 4.09. The van der Waals surface area contributed by atoms with Gasteiger partial charge in [-0.15, -0.1) is 0 Å². The van der Waals surface area contributed by atoms with E-state index < -0.39 is 23.7 Å². The van der Waals surface area contributed by atoms with Crippen molar-refractivity contribution in [3.63, 3.8) is 0 Å². The number of carboxylic acid groups (broad SMARTS) is 1. The van der Waals surface area contributed by atoms with Gasteiger partial charge in [0.25, 0.3) is 5.91 Å². The second kappa shape index (κ2) is 6.98. The summed E-state index contributed by atoms with van der Waals surface area (Å²) in [7, 11) is 0. The third-order valence-corrected chi connectivity index (χ3v) is 3.32. The van der Waals surface area contributed by atoms with Crippen LogP contribution in [0.15, 0.2) is 33.8 Å². The molecule has 0 spiro atoms. The van der Waals surface area contributed by atoms with Crippen molar-refractivity contribution in [2.24, 2.45) is 0 Å². The molecule has 0 saturated carbocycles. The Balaban J connectivity index is 2.79. The first-order valence-corrected chi connectivity index (χ1v) is 6.49. The van der Waals surface area contributed by atoms with Crippen LogP contribution in [0.3, 0.4) is 0 Å². The highest BCUT2D eigenvalue weighted by atomic mass is 79.9. The normalized spacial score (nSPS) is 11.4. The fourth-order valence-electron chi connectivity index (χ4n) is 1.27. The minimum atomic E-state index is -1.25. The number of halogens is 2. The Morgan fingerprint density at radius 1 is 1.19 bits per heavy atom. The molecule has 112 valence electrons. The van der Waals surface area contributed by atoms with Gasteiger partial charge in [0, 0.05) is 15.6 Å². The summed E-state index contributed by atoms with van der Waals surface area (Å²) in [6, 6.07) is 2.76. The molecule has 3 amide bonds. The first-order valence-electron chi connectivity index (χ1n) is 5.70. The van der Waals surface area contributed by atoms with Gasteiger partial charge in [-0.3, -0.25) is 10.1 Å². The van der Waals surface area contributed by atoms with Crippen LogP contribution >= 0.6 is 15.9 Å². The quantitative estimate of drug-likeness (QED) is 0.723. The molecule has 6 nitrogen and oxygen atoms in total. The molecular formula is C13H12BrFN2O4. The SMILES string of the molecule is C/C(C(=O)O)=C(/C)C(=O)NC(=O)Nc1cc(F)ccc1Br. The molecule has 0 aliphatic rings. The summed E-state index contributed by atoms with van der Waals surface area (Å²) in [6.07, 6.45) is 0. The van der Waals surface area contributed by atoms with Crippen molar-refractivity contribution in [3.8, 4) is 0 Å². The van der Waals surface area contributed by atoms with E-state index in [2.05, 4.69) is 21.2 Å². The van der Waals surface area contributed by atoms with Crippen LogP contribution < -0.4 is 10.6 Å². The first kappa shape index (κ1) is 16.8. The largest absolute Gasteiger partial charge is 0.478 e. The maximum absolute atomic E-state index is 13.1. The van der Waals surface area contributed by atoms with Crippen molar-refractivity contribution < 1.29 is 23.9 Å². The molecule has 0 radical (unpaired) electrons. The third-order valence-electron chi connectivity index (χ3n) is 2.63. The number of hydrogen-bond acceptors (Lipinski definition) is 3. The van der Waals surface area contributed by atoms with Crippen LogP contribution in [0.2, 0.25) is 0 Å². The molecule has 1 rings (SSSR count). The van der Waals surface area contributed by atoms with E-state index in [-0.39, 0.29) is 16.8 Å². The fraction of sp³-hybridized carbons (Fsp3) is 0.154. The van der Waals surface area contributed by atoms with Crippen LogP contribution in [-0.2, 0) is 9.59 Å². The van der Waals surface area contributed by atoms with Crippen LogP contribution in [0.1, 0.15) is 13.8 Å². The first-order chi connectivity index (χ1) is 9.72. The van der Waals surface area contributed by atoms with Crippen LogP contribution in [-0.4, -0.2) is 23.0 Å². The third kappa shape index (κ3) is 4.67. The van der Waals surface area contributed by atoms with E-state index in [1.165, 1.54) is 26.0 Å². The summed E-state index contributed by atoms with van der Waals surface area (Å²) in [5.74, 6) is -2.66. The van der Waals surface area contributed by atoms with Gasteiger partial charge in [-0.2, -0.15) is 0 Å². The number of hydrogen-bond donors (Lipinski definition) is 3. The molecule has 21 heavy (non-hydrogen) atoms. The fourth-order valence-corrected chi connectivity index (χ4v) is 1.62. The van der Waals surface area contributed by atoms with Crippen molar-refractivity contribution in [2.45, 2.75) is 13.8 Å². The molecule has 0 aromatic heterocycles. The monoisotopic (exact) mass is 358 g/mol. The molecule has 0 aliphatic carbocycles. The number of carboxylic acids is 1. The van der Waals surface area contributed by atoms with Gasteiger partial charge in [-0.05, 0) is 48.0 Å². The van der Waals surface area contributed by atoms with Crippen LogP contribution in [0.25, 0.3) is 0 Å². The lowest BCUT2D eigenvalue weighted by atomic mass is 10.1. The topological polar surface area (TPSA) is 95.5 Å². The molecule has 8 heteroatoms. The minimum Gasteiger partial charge on any atom is -0.478 e. The summed E-state index contributed by atoms with van der Waals surface area (Å²) in [4.78, 5) is 34.0. The summed E-state index contributed by atoms with van der Waals surface area (Å²) < 4.78 is 13.5. The Morgan fingerprint density at radius 2 is 1.81 bits per heavy atom. The maximum Gasteiger partial charge on any atom is 0.331 e. The Morgan fingerprint density at radius 3 is 2.38 bits per heavy atom. The van der Waals surface area contributed by atoms with E-state index in [9.17, 15) is 18.8 Å². The van der Waals surface area contributed by atoms with Gasteiger partial charge < -0.3 is 10.4 Å². The lowest BCUT2D eigenvalue weighted by molar-refractivity contribution is -0.133. The molecule has 0 saturated heterocycles. The molecule has 1 aromatic rings. The Labute approximate surface area is 128 Å². The highest BCUT2D eigenvalue weighted by molar-refractivity contribution is 9.10. The number of benzene rings is 1. The zero-order chi connectivity index (χ0) is 16.2. The van der Waals surface area contributed by atoms with E-state index in [0.717, 1.165) is 6.07 Å². The summed E-state index contributed by atoms with van der Waals surface area (Å²) in [6.45, 7) is 2.53. The van der Waals surface area contributed by atoms with Gasteiger partial charge in [0.1, 0.15) is 5.82 Å². The number of aliphatic carboxylic acids is 1. The summed E-state index contributed by atoms with van der Waals surface area (Å²) in [5, 5.41) is 13.0. The van der Waals surface area contributed by atoms with Gasteiger partial charge >= 0.3 is 12.0 Å². The lowest BCUT2D eigenvalue weighted by Crippen LogP contribution is -2.35. The van der Waals surface area contributed by atoms with Crippen LogP contribution in [0.5, 0.6) is 0 Å². The minimum absolute atomic E-state index is 0.101. The van der Waals surface area contributed by atoms with Crippen molar-refractivity contribution in [1.29, 1.82) is 0 Å². The van der Waals surface area contributed by atoms with E-state index in [1.54, 1.807) is 0 Å². The molecule has 3 N–H and O–H groups in total. The number of nitrogens with one attached hydrogen (secondary N) is 2. The Hall–Kier alpha value is -2.22. The average Bonchev–Trinajstić information content (AvgIpc) is 2.40. The smallest absolute Gasteiger partial charge is 0.331 e. The molecule has 0 fully saturated rings. The number of imide groups is 1. The Bertz CT molecular complexity index is 643. The maximum atomic E-state index is 13.1. The standard InChI is InChI=1S/C13H12BrFN2O4/c1-6(7(2)12(19)20)11(18)17-13(21)16-10-5-8(15)3-4-9(10)14/h3-5H,1-2H3,(H,19,20)(H2,16,17,18,21)/b7-6+. The van der Waals surface area contributed by atoms with Gasteiger partial charge in [-0.25, -0.2) is 14.0 Å². The molecule has 0 unspecified atom stereocenters. The predicted molar refractivity (Wildman–Crippen MR) is 77.3 cm³/mol. The van der Waals surface area contributed by atoms with Gasteiger partial charge in [0.05, 0.1) is 5.69 Å². The molecule has 0 atom stereocenters. The van der Waals surface area contributed by atoms with Crippen molar-refractivity contribution in [1.82, 2.24) is 5.32 Å². The number of carbonyl (C=O) groups excluding carboxylic acids is 2. The predicted octanol–water partition coefficient (Wildman–Crippen LogP) is 2.66. The van der Waals surface area contributed by atoms with Crippen molar-refractivity contribution in [2.75, 3.05) is 5.32 Å². The van der Waals surface area contributed by atoms with Crippen molar-refractivity contribution >= 4 is 39.5 Å². The molecule has 0 aliphatic heterocycles. The number of carbonyl (C=O) groups is 3. The zero-order valence-electron chi connectivity index (χ0n) is 11.2. The Kier molecular flexibility index (Phi) is 5.60. The van der Waals surface area contributed by atoms with Gasteiger partial charge in [0.2, 0.25) is 0 Å². The van der Waals surface area contributed by atoms with Gasteiger partial charge in [-0.1, -0.05) is 0 Å². The van der Waals surface area contributed by atoms with Crippen LogP contribution in [0, 0.1) is 5.82 Å². The van der Waals surface area contributed by atoms with E-state index in [0.29, 0.717) is 4.47 Å². The number of rotatable bonds is 3. The van der Waals surface area contributed by atoms with E-state index in [4.69, 9.17) is 5.11 Å². The summed E-state index contributed by atoms with van der Waals surface area (Å²) in [5.41, 5.74) is -0.139. The molecule has 1 aromatic carbocycles. The zero-order valence-corrected chi connectivity index (χ0v) is 12.7. The average molecular weight is 359 g/mol. The molecular weight excluding hydrogens is 347 g/mol. The molecule has 0 bridgehead atoms. The van der Waals surface area contributed by atoms with Crippen molar-refractivity contribution in [3.05, 3.63) is 39.6 Å². The number of urea groups is 1. The number of anilines is 1. The van der Waals surface area contributed by atoms with Crippen LogP contribution in [0.4, 0.5) is 14.9 Å². The molecule has 0 heterocycles. The van der Waals surface area contributed by atoms with E-state index in [1.807, 2.05) is 5.32 Å². The van der Waals surface area contributed by atoms with E-state index >= 15 is 0 Å². The van der Waals surface area contributed by atoms with Gasteiger partial charge in [0.15, 0.2) is 0 Å².